The number of likely N-dealkylation sites (tertiary alicyclic amines) is 1. The van der Waals surface area contributed by atoms with Crippen LogP contribution in [-0.2, 0) is 4.74 Å². The molecule has 1 aromatic heterocycles. The number of piperidine rings is 1. The first-order chi connectivity index (χ1) is 16.0. The van der Waals surface area contributed by atoms with Gasteiger partial charge >= 0.3 is 12.0 Å². The van der Waals surface area contributed by atoms with Crippen LogP contribution in [0.25, 0.3) is 0 Å². The number of rotatable bonds is 5. The van der Waals surface area contributed by atoms with Gasteiger partial charge in [0.1, 0.15) is 5.01 Å². The van der Waals surface area contributed by atoms with Crippen molar-refractivity contribution in [1.29, 1.82) is 0 Å². The summed E-state index contributed by atoms with van der Waals surface area (Å²) in [6.45, 7) is 1.08. The fraction of sp³-hybridized carbons (Fsp3) is 0.261. The van der Waals surface area contributed by atoms with Crippen LogP contribution in [0.1, 0.15) is 43.9 Å². The summed E-state index contributed by atoms with van der Waals surface area (Å²) in [5.41, 5.74) is 1.57. The molecule has 3 amide bonds. The van der Waals surface area contributed by atoms with E-state index >= 15 is 0 Å². The Balaban J connectivity index is 1.38. The molecular formula is C23H23N5O4S. The molecule has 33 heavy (non-hydrogen) atoms. The van der Waals surface area contributed by atoms with Gasteiger partial charge in [0.05, 0.1) is 12.7 Å². The second-order valence-electron chi connectivity index (χ2n) is 7.55. The number of urea groups is 1. The quantitative estimate of drug-likeness (QED) is 0.551. The van der Waals surface area contributed by atoms with E-state index in [1.54, 1.807) is 41.3 Å². The lowest BCUT2D eigenvalue weighted by Crippen LogP contribution is -2.41. The van der Waals surface area contributed by atoms with Crippen molar-refractivity contribution in [2.45, 2.75) is 18.8 Å². The number of anilines is 2. The van der Waals surface area contributed by atoms with E-state index in [4.69, 9.17) is 4.74 Å². The molecule has 2 heterocycles. The minimum absolute atomic E-state index is 0.00155. The van der Waals surface area contributed by atoms with E-state index in [0.29, 0.717) is 30.0 Å². The van der Waals surface area contributed by atoms with Gasteiger partial charge in [-0.1, -0.05) is 35.6 Å². The molecule has 1 aliphatic heterocycles. The average Bonchev–Trinajstić information content (AvgIpc) is 3.35. The van der Waals surface area contributed by atoms with Crippen molar-refractivity contribution in [3.8, 4) is 0 Å². The van der Waals surface area contributed by atoms with Crippen molar-refractivity contribution >= 4 is 40.6 Å². The number of methoxy groups -OCH3 is 1. The Morgan fingerprint density at radius 1 is 1.03 bits per heavy atom. The Morgan fingerprint density at radius 2 is 1.82 bits per heavy atom. The van der Waals surface area contributed by atoms with Gasteiger partial charge in [-0.25, -0.2) is 9.59 Å². The SMILES string of the molecule is COC(=O)c1cccc(NC(=O)N2CCCC(c3nnc(C(=O)Nc4ccccc4)s3)C2)c1. The topological polar surface area (TPSA) is 114 Å². The molecule has 0 radical (unpaired) electrons. The number of para-hydroxylation sites is 1. The van der Waals surface area contributed by atoms with Crippen molar-refractivity contribution in [3.63, 3.8) is 0 Å². The molecule has 9 nitrogen and oxygen atoms in total. The first-order valence-corrected chi connectivity index (χ1v) is 11.3. The highest BCUT2D eigenvalue weighted by Gasteiger charge is 2.28. The van der Waals surface area contributed by atoms with Crippen molar-refractivity contribution < 1.29 is 19.1 Å². The van der Waals surface area contributed by atoms with Crippen molar-refractivity contribution in [2.75, 3.05) is 30.8 Å². The molecule has 1 aliphatic rings. The van der Waals surface area contributed by atoms with Gasteiger partial charge in [-0.2, -0.15) is 0 Å². The smallest absolute Gasteiger partial charge is 0.337 e. The highest BCUT2D eigenvalue weighted by Crippen LogP contribution is 2.30. The molecule has 0 spiro atoms. The molecule has 1 atom stereocenters. The van der Waals surface area contributed by atoms with Crippen LogP contribution in [-0.4, -0.2) is 53.2 Å². The average molecular weight is 466 g/mol. The highest BCUT2D eigenvalue weighted by molar-refractivity contribution is 7.13. The van der Waals surface area contributed by atoms with Crippen LogP contribution < -0.4 is 10.6 Å². The molecule has 170 valence electrons. The van der Waals surface area contributed by atoms with Crippen LogP contribution in [0.5, 0.6) is 0 Å². The molecule has 1 unspecified atom stereocenters. The van der Waals surface area contributed by atoms with Gasteiger partial charge < -0.3 is 20.3 Å². The summed E-state index contributed by atoms with van der Waals surface area (Å²) in [6.07, 6.45) is 1.67. The second kappa shape index (κ2) is 10.2. The van der Waals surface area contributed by atoms with E-state index in [1.807, 2.05) is 18.2 Å². The van der Waals surface area contributed by atoms with E-state index in [0.717, 1.165) is 17.8 Å². The summed E-state index contributed by atoms with van der Waals surface area (Å²) in [4.78, 5) is 38.7. The van der Waals surface area contributed by atoms with Gasteiger partial charge in [0, 0.05) is 30.4 Å². The zero-order valence-electron chi connectivity index (χ0n) is 18.0. The lowest BCUT2D eigenvalue weighted by molar-refractivity contribution is 0.0600. The largest absolute Gasteiger partial charge is 0.465 e. The zero-order valence-corrected chi connectivity index (χ0v) is 18.8. The molecule has 10 heteroatoms. The number of amides is 3. The molecule has 1 saturated heterocycles. The Kier molecular flexibility index (Phi) is 6.94. The van der Waals surface area contributed by atoms with Crippen LogP contribution in [0.3, 0.4) is 0 Å². The Labute approximate surface area is 194 Å². The van der Waals surface area contributed by atoms with Crippen molar-refractivity contribution in [2.24, 2.45) is 0 Å². The fourth-order valence-electron chi connectivity index (χ4n) is 3.60. The maximum Gasteiger partial charge on any atom is 0.337 e. The number of hydrogen-bond acceptors (Lipinski definition) is 7. The summed E-state index contributed by atoms with van der Waals surface area (Å²) in [6, 6.07) is 15.5. The van der Waals surface area contributed by atoms with Crippen molar-refractivity contribution in [3.05, 3.63) is 70.2 Å². The molecule has 0 bridgehead atoms. The van der Waals surface area contributed by atoms with Gasteiger partial charge in [-0.05, 0) is 43.2 Å². The summed E-state index contributed by atoms with van der Waals surface area (Å²) in [5, 5.41) is 14.9. The third-order valence-electron chi connectivity index (χ3n) is 5.26. The van der Waals surface area contributed by atoms with Crippen LogP contribution in [0, 0.1) is 0 Å². The third-order valence-corrected chi connectivity index (χ3v) is 6.34. The number of ether oxygens (including phenoxy) is 1. The normalized spacial score (nSPS) is 15.5. The van der Waals surface area contributed by atoms with Gasteiger partial charge in [0.15, 0.2) is 0 Å². The molecule has 2 aromatic carbocycles. The lowest BCUT2D eigenvalue weighted by Gasteiger charge is -2.31. The lowest BCUT2D eigenvalue weighted by atomic mass is 9.99. The fourth-order valence-corrected chi connectivity index (χ4v) is 4.47. The summed E-state index contributed by atoms with van der Waals surface area (Å²) < 4.78 is 4.73. The maximum absolute atomic E-state index is 12.8. The first-order valence-electron chi connectivity index (χ1n) is 10.5. The van der Waals surface area contributed by atoms with Crippen LogP contribution in [0.2, 0.25) is 0 Å². The molecule has 1 fully saturated rings. The maximum atomic E-state index is 12.8. The number of nitrogens with zero attached hydrogens (tertiary/aromatic N) is 3. The van der Waals surface area contributed by atoms with Gasteiger partial charge in [-0.15, -0.1) is 10.2 Å². The zero-order chi connectivity index (χ0) is 23.2. The van der Waals surface area contributed by atoms with E-state index in [9.17, 15) is 14.4 Å². The summed E-state index contributed by atoms with van der Waals surface area (Å²) in [5.74, 6) is -0.768. The molecule has 0 aliphatic carbocycles. The standard InChI is InChI=1S/C23H23N5O4S/c1-32-22(30)15-7-5-11-18(13-15)25-23(31)28-12-6-8-16(14-28)20-26-27-21(33-20)19(29)24-17-9-3-2-4-10-17/h2-5,7,9-11,13,16H,6,8,12,14H2,1H3,(H,24,29)(H,25,31). The van der Waals surface area contributed by atoms with Crippen LogP contribution in [0.15, 0.2) is 54.6 Å². The Morgan fingerprint density at radius 3 is 2.61 bits per heavy atom. The van der Waals surface area contributed by atoms with E-state index < -0.39 is 5.97 Å². The predicted octanol–water partition coefficient (Wildman–Crippen LogP) is 3.99. The number of benzene rings is 2. The molecule has 4 rings (SSSR count). The number of esters is 1. The van der Waals surface area contributed by atoms with Crippen molar-refractivity contribution in [1.82, 2.24) is 15.1 Å². The number of hydrogen-bond donors (Lipinski definition) is 2. The van der Waals surface area contributed by atoms with Gasteiger partial charge in [-0.3, -0.25) is 4.79 Å². The van der Waals surface area contributed by atoms with E-state index in [-0.39, 0.29) is 22.9 Å². The van der Waals surface area contributed by atoms with Gasteiger partial charge in [0.25, 0.3) is 5.91 Å². The predicted molar refractivity (Wildman–Crippen MR) is 125 cm³/mol. The number of carbonyl (C=O) groups excluding carboxylic acids is 3. The Hall–Kier alpha value is -3.79. The van der Waals surface area contributed by atoms with Crippen LogP contribution in [0.4, 0.5) is 16.2 Å². The van der Waals surface area contributed by atoms with Crippen LogP contribution >= 0.6 is 11.3 Å². The Bertz CT molecular complexity index is 1150. The minimum atomic E-state index is -0.465. The first kappa shape index (κ1) is 22.4. The molecule has 2 N–H and O–H groups in total. The second-order valence-corrected chi connectivity index (χ2v) is 8.56. The number of nitrogens with one attached hydrogen (secondary N) is 2. The summed E-state index contributed by atoms with van der Waals surface area (Å²) in [7, 11) is 1.31. The molecular weight excluding hydrogens is 442 g/mol. The number of aromatic nitrogens is 2. The summed E-state index contributed by atoms with van der Waals surface area (Å²) >= 11 is 1.25. The third kappa shape index (κ3) is 5.53. The molecule has 0 saturated carbocycles. The van der Waals surface area contributed by atoms with Gasteiger partial charge in [0.2, 0.25) is 5.01 Å². The number of carbonyl (C=O) groups is 3. The van der Waals surface area contributed by atoms with E-state index in [1.165, 1.54) is 18.4 Å². The minimum Gasteiger partial charge on any atom is -0.465 e. The highest BCUT2D eigenvalue weighted by atomic mass is 32.1. The monoisotopic (exact) mass is 465 g/mol. The molecule has 3 aromatic rings. The van der Waals surface area contributed by atoms with E-state index in [2.05, 4.69) is 20.8 Å².